The van der Waals surface area contributed by atoms with E-state index in [9.17, 15) is 9.90 Å². The molecular weight excluding hydrogens is 320 g/mol. The molecule has 7 nitrogen and oxygen atoms in total. The van der Waals surface area contributed by atoms with Crippen LogP contribution in [0.25, 0.3) is 16.6 Å². The first kappa shape index (κ1) is 14.9. The van der Waals surface area contributed by atoms with Gasteiger partial charge in [-0.2, -0.15) is 0 Å². The van der Waals surface area contributed by atoms with Crippen LogP contribution in [-0.4, -0.2) is 25.4 Å². The van der Waals surface area contributed by atoms with Crippen LogP contribution in [0.1, 0.15) is 16.2 Å². The number of fused-ring (bicyclic) bond motifs is 1. The van der Waals surface area contributed by atoms with Gasteiger partial charge >= 0.3 is 5.97 Å². The number of furan rings is 1. The third-order valence-electron chi connectivity index (χ3n) is 3.85. The van der Waals surface area contributed by atoms with Crippen molar-refractivity contribution in [1.82, 2.24) is 14.4 Å². The number of aromatic carboxylic acids is 1. The molecule has 0 fully saturated rings. The summed E-state index contributed by atoms with van der Waals surface area (Å²) in [6.07, 6.45) is 4.71. The molecule has 0 atom stereocenters. The van der Waals surface area contributed by atoms with E-state index in [-0.39, 0.29) is 5.69 Å². The van der Waals surface area contributed by atoms with E-state index in [1.807, 2.05) is 36.4 Å². The molecule has 0 amide bonds. The molecular formula is C18H14N4O3. The Morgan fingerprint density at radius 3 is 2.72 bits per heavy atom. The average molecular weight is 334 g/mol. The number of nitrogens with zero attached hydrogens (tertiary/aromatic N) is 3. The molecule has 0 saturated carbocycles. The van der Waals surface area contributed by atoms with Crippen LogP contribution in [0.5, 0.6) is 0 Å². The minimum atomic E-state index is -1.08. The Morgan fingerprint density at radius 1 is 1.16 bits per heavy atom. The fourth-order valence-electron chi connectivity index (χ4n) is 2.71. The maximum absolute atomic E-state index is 11.6. The summed E-state index contributed by atoms with van der Waals surface area (Å²) >= 11 is 0. The summed E-state index contributed by atoms with van der Waals surface area (Å²) in [6, 6.07) is 13.2. The lowest BCUT2D eigenvalue weighted by molar-refractivity contribution is 0.0693. The predicted octanol–water partition coefficient (Wildman–Crippen LogP) is 3.30. The van der Waals surface area contributed by atoms with Crippen LogP contribution in [0.4, 0.5) is 5.95 Å². The van der Waals surface area contributed by atoms with Gasteiger partial charge in [-0.3, -0.25) is 4.40 Å². The van der Waals surface area contributed by atoms with E-state index >= 15 is 0 Å². The summed E-state index contributed by atoms with van der Waals surface area (Å²) in [7, 11) is 0. The third-order valence-corrected chi connectivity index (χ3v) is 3.85. The molecule has 0 aliphatic carbocycles. The fraction of sp³-hybridized carbons (Fsp3) is 0.0556. The lowest BCUT2D eigenvalue weighted by Crippen LogP contribution is -2.07. The average Bonchev–Trinajstić information content (AvgIpc) is 3.30. The standard InChI is InChI=1S/C18H14N4O3/c23-17(24)15-16-14(12-5-2-1-3-6-12)10-20-18(22(16)11-21-15)19-9-13-7-4-8-25-13/h1-8,10-11H,9H2,(H,19,20)(H,23,24). The number of hydrogen-bond acceptors (Lipinski definition) is 5. The van der Waals surface area contributed by atoms with E-state index in [4.69, 9.17) is 4.42 Å². The number of benzene rings is 1. The molecule has 4 rings (SSSR count). The number of nitrogens with one attached hydrogen (secondary N) is 1. The van der Waals surface area contributed by atoms with Gasteiger partial charge in [0, 0.05) is 11.8 Å². The van der Waals surface area contributed by atoms with Crippen molar-refractivity contribution in [3.8, 4) is 11.1 Å². The second-order valence-electron chi connectivity index (χ2n) is 5.41. The van der Waals surface area contributed by atoms with E-state index in [1.54, 1.807) is 22.9 Å². The molecule has 124 valence electrons. The SMILES string of the molecule is O=C(O)c1ncn2c(NCc3ccco3)ncc(-c3ccccc3)c12. The number of rotatable bonds is 5. The van der Waals surface area contributed by atoms with Gasteiger partial charge in [0.2, 0.25) is 5.95 Å². The molecule has 3 heterocycles. The molecule has 25 heavy (non-hydrogen) atoms. The molecule has 3 aromatic heterocycles. The van der Waals surface area contributed by atoms with Gasteiger partial charge in [-0.05, 0) is 17.7 Å². The lowest BCUT2D eigenvalue weighted by atomic mass is 10.1. The summed E-state index contributed by atoms with van der Waals surface area (Å²) in [5.41, 5.74) is 2.07. The Hall–Kier alpha value is -3.61. The maximum atomic E-state index is 11.6. The highest BCUT2D eigenvalue weighted by Crippen LogP contribution is 2.28. The van der Waals surface area contributed by atoms with Gasteiger partial charge in [0.15, 0.2) is 5.69 Å². The van der Waals surface area contributed by atoms with Crippen LogP contribution < -0.4 is 5.32 Å². The zero-order valence-electron chi connectivity index (χ0n) is 13.1. The summed E-state index contributed by atoms with van der Waals surface area (Å²) in [4.78, 5) is 20.1. The highest BCUT2D eigenvalue weighted by Gasteiger charge is 2.19. The molecule has 7 heteroatoms. The molecule has 0 radical (unpaired) electrons. The quantitative estimate of drug-likeness (QED) is 0.582. The first-order chi connectivity index (χ1) is 12.2. The molecule has 0 saturated heterocycles. The highest BCUT2D eigenvalue weighted by molar-refractivity contribution is 5.99. The van der Waals surface area contributed by atoms with Crippen molar-refractivity contribution < 1.29 is 14.3 Å². The van der Waals surface area contributed by atoms with E-state index in [0.717, 1.165) is 11.3 Å². The monoisotopic (exact) mass is 334 g/mol. The van der Waals surface area contributed by atoms with Gasteiger partial charge in [-0.1, -0.05) is 30.3 Å². The summed E-state index contributed by atoms with van der Waals surface area (Å²) in [5.74, 6) is 0.162. The number of carboxylic acids is 1. The van der Waals surface area contributed by atoms with E-state index < -0.39 is 5.97 Å². The summed E-state index contributed by atoms with van der Waals surface area (Å²) in [5, 5.41) is 12.6. The van der Waals surface area contributed by atoms with Crippen molar-refractivity contribution in [2.24, 2.45) is 0 Å². The lowest BCUT2D eigenvalue weighted by Gasteiger charge is -2.10. The Bertz CT molecular complexity index is 1020. The summed E-state index contributed by atoms with van der Waals surface area (Å²) < 4.78 is 6.94. The van der Waals surface area contributed by atoms with Crippen LogP contribution in [0.3, 0.4) is 0 Å². The van der Waals surface area contributed by atoms with Gasteiger partial charge in [0.25, 0.3) is 0 Å². The van der Waals surface area contributed by atoms with Gasteiger partial charge in [0.05, 0.1) is 18.3 Å². The van der Waals surface area contributed by atoms with Crippen LogP contribution in [0.2, 0.25) is 0 Å². The molecule has 2 N–H and O–H groups in total. The predicted molar refractivity (Wildman–Crippen MR) is 91.4 cm³/mol. The topological polar surface area (TPSA) is 92.7 Å². The zero-order valence-corrected chi connectivity index (χ0v) is 13.1. The Balaban J connectivity index is 1.83. The minimum absolute atomic E-state index is 0.0118. The number of carbonyl (C=O) groups is 1. The Labute approximate surface area is 142 Å². The van der Waals surface area contributed by atoms with E-state index in [0.29, 0.717) is 23.6 Å². The molecule has 0 bridgehead atoms. The van der Waals surface area contributed by atoms with Crippen molar-refractivity contribution >= 4 is 17.4 Å². The van der Waals surface area contributed by atoms with Crippen molar-refractivity contribution in [3.05, 3.63) is 72.7 Å². The van der Waals surface area contributed by atoms with Gasteiger partial charge in [-0.15, -0.1) is 0 Å². The number of hydrogen-bond donors (Lipinski definition) is 2. The molecule has 0 spiro atoms. The Morgan fingerprint density at radius 2 is 2.00 bits per heavy atom. The maximum Gasteiger partial charge on any atom is 0.356 e. The smallest absolute Gasteiger partial charge is 0.356 e. The normalized spacial score (nSPS) is 10.9. The fourth-order valence-corrected chi connectivity index (χ4v) is 2.71. The van der Waals surface area contributed by atoms with Crippen LogP contribution >= 0.6 is 0 Å². The number of aromatic nitrogens is 3. The number of imidazole rings is 1. The van der Waals surface area contributed by atoms with Gasteiger partial charge in [0.1, 0.15) is 12.1 Å². The summed E-state index contributed by atoms with van der Waals surface area (Å²) in [6.45, 7) is 0.431. The van der Waals surface area contributed by atoms with Crippen LogP contribution in [0.15, 0.2) is 65.7 Å². The molecule has 0 unspecified atom stereocenters. The largest absolute Gasteiger partial charge is 0.476 e. The van der Waals surface area contributed by atoms with Crippen molar-refractivity contribution in [1.29, 1.82) is 0 Å². The van der Waals surface area contributed by atoms with Crippen LogP contribution in [0, 0.1) is 0 Å². The van der Waals surface area contributed by atoms with Crippen molar-refractivity contribution in [2.75, 3.05) is 5.32 Å². The number of anilines is 1. The molecule has 4 aromatic rings. The van der Waals surface area contributed by atoms with E-state index in [2.05, 4.69) is 15.3 Å². The number of carboxylic acid groups (broad SMARTS) is 1. The zero-order chi connectivity index (χ0) is 17.2. The molecule has 1 aromatic carbocycles. The van der Waals surface area contributed by atoms with Crippen molar-refractivity contribution in [3.63, 3.8) is 0 Å². The van der Waals surface area contributed by atoms with Crippen LogP contribution in [-0.2, 0) is 6.54 Å². The molecule has 0 aliphatic rings. The van der Waals surface area contributed by atoms with E-state index in [1.165, 1.54) is 6.33 Å². The third kappa shape index (κ3) is 2.72. The second kappa shape index (κ2) is 6.12. The Kier molecular flexibility index (Phi) is 3.66. The van der Waals surface area contributed by atoms with Gasteiger partial charge < -0.3 is 14.8 Å². The molecule has 0 aliphatic heterocycles. The van der Waals surface area contributed by atoms with Gasteiger partial charge in [-0.25, -0.2) is 14.8 Å². The first-order valence-corrected chi connectivity index (χ1v) is 7.65. The minimum Gasteiger partial charge on any atom is -0.476 e. The first-order valence-electron chi connectivity index (χ1n) is 7.65. The highest BCUT2D eigenvalue weighted by atomic mass is 16.4. The second-order valence-corrected chi connectivity index (χ2v) is 5.41. The van der Waals surface area contributed by atoms with Crippen molar-refractivity contribution in [2.45, 2.75) is 6.54 Å².